The number of rotatable bonds is 4. The summed E-state index contributed by atoms with van der Waals surface area (Å²) in [6.07, 6.45) is 0.389. The maximum atomic E-state index is 11.1. The average Bonchev–Trinajstić information content (AvgIpc) is 2.30. The Morgan fingerprint density at radius 1 is 1.50 bits per heavy atom. The zero-order chi connectivity index (χ0) is 12.1. The third kappa shape index (κ3) is 3.12. The molecule has 4 nitrogen and oxygen atoms in total. The number of esters is 1. The first-order valence-corrected chi connectivity index (χ1v) is 5.12. The van der Waals surface area contributed by atoms with Gasteiger partial charge in [0.2, 0.25) is 0 Å². The van der Waals surface area contributed by atoms with E-state index in [0.29, 0.717) is 17.2 Å². The van der Waals surface area contributed by atoms with Crippen molar-refractivity contribution in [3.8, 4) is 5.75 Å². The van der Waals surface area contributed by atoms with Crippen molar-refractivity contribution >= 4 is 17.6 Å². The molecule has 0 aliphatic rings. The van der Waals surface area contributed by atoms with Gasteiger partial charge in [-0.3, -0.25) is 4.79 Å². The number of hydrogen-bond acceptors (Lipinski definition) is 4. The molecule has 0 radical (unpaired) electrons. The Labute approximate surface area is 99.3 Å². The molecule has 2 N–H and O–H groups in total. The lowest BCUT2D eigenvalue weighted by Gasteiger charge is -2.10. The molecule has 1 atom stereocenters. The van der Waals surface area contributed by atoms with E-state index >= 15 is 0 Å². The first-order chi connectivity index (χ1) is 7.58. The van der Waals surface area contributed by atoms with Crippen molar-refractivity contribution in [2.45, 2.75) is 12.5 Å². The maximum absolute atomic E-state index is 11.1. The van der Waals surface area contributed by atoms with Crippen LogP contribution in [0, 0.1) is 0 Å². The van der Waals surface area contributed by atoms with Crippen LogP contribution in [0.15, 0.2) is 18.2 Å². The Morgan fingerprint density at radius 3 is 2.75 bits per heavy atom. The summed E-state index contributed by atoms with van der Waals surface area (Å²) in [5, 5.41) is 0.526. The SMILES string of the molecule is COC(=O)[C@@H](N)Cc1ccc(Cl)c(OC)c1. The molecule has 0 aromatic heterocycles. The molecule has 88 valence electrons. The molecule has 5 heteroatoms. The fraction of sp³-hybridized carbons (Fsp3) is 0.364. The zero-order valence-corrected chi connectivity index (χ0v) is 9.95. The summed E-state index contributed by atoms with van der Waals surface area (Å²) in [5.41, 5.74) is 6.52. The molecule has 0 amide bonds. The van der Waals surface area contributed by atoms with Crippen LogP contribution in [-0.2, 0) is 16.0 Å². The molecule has 0 heterocycles. The number of methoxy groups -OCH3 is 2. The van der Waals surface area contributed by atoms with Crippen molar-refractivity contribution in [2.24, 2.45) is 5.73 Å². The predicted molar refractivity (Wildman–Crippen MR) is 61.7 cm³/mol. The molecule has 0 aliphatic heterocycles. The lowest BCUT2D eigenvalue weighted by molar-refractivity contribution is -0.142. The van der Waals surface area contributed by atoms with Gasteiger partial charge in [-0.1, -0.05) is 17.7 Å². The lowest BCUT2D eigenvalue weighted by Crippen LogP contribution is -2.33. The molecule has 0 spiro atoms. The van der Waals surface area contributed by atoms with Gasteiger partial charge in [-0.15, -0.1) is 0 Å². The maximum Gasteiger partial charge on any atom is 0.322 e. The second kappa shape index (κ2) is 5.72. The summed E-state index contributed by atoms with van der Waals surface area (Å²) in [4.78, 5) is 11.1. The summed E-state index contributed by atoms with van der Waals surface area (Å²) < 4.78 is 9.61. The number of carbonyl (C=O) groups is 1. The molecule has 0 unspecified atom stereocenters. The molecular formula is C11H14ClNO3. The van der Waals surface area contributed by atoms with Crippen molar-refractivity contribution in [1.82, 2.24) is 0 Å². The average molecular weight is 244 g/mol. The van der Waals surface area contributed by atoms with Gasteiger partial charge >= 0.3 is 5.97 Å². The van der Waals surface area contributed by atoms with Crippen molar-refractivity contribution in [3.63, 3.8) is 0 Å². The minimum Gasteiger partial charge on any atom is -0.495 e. The molecule has 1 aromatic carbocycles. The van der Waals surface area contributed by atoms with Crippen LogP contribution in [0.25, 0.3) is 0 Å². The predicted octanol–water partition coefficient (Wildman–Crippen LogP) is 1.39. The molecule has 1 rings (SSSR count). The molecule has 16 heavy (non-hydrogen) atoms. The Bertz CT molecular complexity index is 381. The van der Waals surface area contributed by atoms with Gasteiger partial charge in [0.15, 0.2) is 0 Å². The van der Waals surface area contributed by atoms with Crippen LogP contribution in [0.2, 0.25) is 5.02 Å². The summed E-state index contributed by atoms with van der Waals surface area (Å²) >= 11 is 5.87. The first-order valence-electron chi connectivity index (χ1n) is 4.74. The fourth-order valence-corrected chi connectivity index (χ4v) is 1.51. The highest BCUT2D eigenvalue weighted by atomic mass is 35.5. The van der Waals surface area contributed by atoms with E-state index in [9.17, 15) is 4.79 Å². The molecule has 0 saturated heterocycles. The highest BCUT2D eigenvalue weighted by Gasteiger charge is 2.14. The number of ether oxygens (including phenoxy) is 2. The second-order valence-electron chi connectivity index (χ2n) is 3.30. The van der Waals surface area contributed by atoms with Crippen LogP contribution < -0.4 is 10.5 Å². The highest BCUT2D eigenvalue weighted by Crippen LogP contribution is 2.25. The molecular weight excluding hydrogens is 230 g/mol. The van der Waals surface area contributed by atoms with Crippen LogP contribution >= 0.6 is 11.6 Å². The Balaban J connectivity index is 2.78. The minimum atomic E-state index is -0.670. The molecule has 0 bridgehead atoms. The van der Waals surface area contributed by atoms with E-state index in [4.69, 9.17) is 22.1 Å². The Kier molecular flexibility index (Phi) is 4.58. The van der Waals surface area contributed by atoms with Crippen LogP contribution in [-0.4, -0.2) is 26.2 Å². The number of carbonyl (C=O) groups excluding carboxylic acids is 1. The Morgan fingerprint density at radius 2 is 2.19 bits per heavy atom. The minimum absolute atomic E-state index is 0.389. The molecule has 1 aromatic rings. The smallest absolute Gasteiger partial charge is 0.322 e. The van der Waals surface area contributed by atoms with Gasteiger partial charge in [-0.05, 0) is 24.1 Å². The van der Waals surface area contributed by atoms with Crippen molar-refractivity contribution in [1.29, 1.82) is 0 Å². The summed E-state index contributed by atoms with van der Waals surface area (Å²) in [6.45, 7) is 0. The van der Waals surface area contributed by atoms with E-state index in [1.54, 1.807) is 18.2 Å². The topological polar surface area (TPSA) is 61.5 Å². The van der Waals surface area contributed by atoms with Gasteiger partial charge < -0.3 is 15.2 Å². The Hall–Kier alpha value is -1.26. The lowest BCUT2D eigenvalue weighted by atomic mass is 10.1. The van der Waals surface area contributed by atoms with E-state index in [2.05, 4.69) is 4.74 Å². The van der Waals surface area contributed by atoms with Gasteiger partial charge in [-0.2, -0.15) is 0 Å². The standard InChI is InChI=1S/C11H14ClNO3/c1-15-10-6-7(3-4-8(10)12)5-9(13)11(14)16-2/h3-4,6,9H,5,13H2,1-2H3/t9-/m0/s1. The molecule has 0 aliphatic carbocycles. The number of hydrogen-bond donors (Lipinski definition) is 1. The van der Waals surface area contributed by atoms with E-state index in [-0.39, 0.29) is 0 Å². The molecule has 0 saturated carbocycles. The van der Waals surface area contributed by atoms with Crippen molar-refractivity contribution in [3.05, 3.63) is 28.8 Å². The van der Waals surface area contributed by atoms with E-state index in [1.807, 2.05) is 0 Å². The highest BCUT2D eigenvalue weighted by molar-refractivity contribution is 6.32. The van der Waals surface area contributed by atoms with Crippen LogP contribution in [0.5, 0.6) is 5.75 Å². The van der Waals surface area contributed by atoms with Gasteiger partial charge in [0.05, 0.1) is 19.2 Å². The van der Waals surface area contributed by atoms with Gasteiger partial charge in [0, 0.05) is 0 Å². The van der Waals surface area contributed by atoms with Gasteiger partial charge in [-0.25, -0.2) is 0 Å². The third-order valence-corrected chi connectivity index (χ3v) is 2.49. The summed E-state index contributed by atoms with van der Waals surface area (Å²) in [5.74, 6) is 0.130. The third-order valence-electron chi connectivity index (χ3n) is 2.18. The second-order valence-corrected chi connectivity index (χ2v) is 3.71. The normalized spacial score (nSPS) is 12.0. The monoisotopic (exact) mass is 243 g/mol. The van der Waals surface area contributed by atoms with Crippen LogP contribution in [0.4, 0.5) is 0 Å². The number of benzene rings is 1. The first kappa shape index (κ1) is 12.8. The number of halogens is 1. The van der Waals surface area contributed by atoms with E-state index in [0.717, 1.165) is 5.56 Å². The largest absolute Gasteiger partial charge is 0.495 e. The molecule has 0 fully saturated rings. The van der Waals surface area contributed by atoms with Gasteiger partial charge in [0.25, 0.3) is 0 Å². The fourth-order valence-electron chi connectivity index (χ4n) is 1.32. The zero-order valence-electron chi connectivity index (χ0n) is 9.20. The van der Waals surface area contributed by atoms with Crippen molar-refractivity contribution < 1.29 is 14.3 Å². The van der Waals surface area contributed by atoms with Gasteiger partial charge in [0.1, 0.15) is 11.8 Å². The van der Waals surface area contributed by atoms with Crippen LogP contribution in [0.1, 0.15) is 5.56 Å². The van der Waals surface area contributed by atoms with Crippen LogP contribution in [0.3, 0.4) is 0 Å². The summed E-state index contributed by atoms with van der Waals surface area (Å²) in [7, 11) is 2.84. The van der Waals surface area contributed by atoms with E-state index in [1.165, 1.54) is 14.2 Å². The number of nitrogens with two attached hydrogens (primary N) is 1. The van der Waals surface area contributed by atoms with E-state index < -0.39 is 12.0 Å². The van der Waals surface area contributed by atoms with Crippen molar-refractivity contribution in [2.75, 3.05) is 14.2 Å². The quantitative estimate of drug-likeness (QED) is 0.812. The summed E-state index contributed by atoms with van der Waals surface area (Å²) in [6, 6.07) is 4.59.